The van der Waals surface area contributed by atoms with Crippen LogP contribution in [0.5, 0.6) is 0 Å². The summed E-state index contributed by atoms with van der Waals surface area (Å²) >= 11 is 0. The number of nitrogens with zero attached hydrogens (tertiary/aromatic N) is 6. The lowest BCUT2D eigenvalue weighted by molar-refractivity contribution is 0.0328. The smallest absolute Gasteiger partial charge is 0.153 e. The van der Waals surface area contributed by atoms with Crippen LogP contribution in [0.15, 0.2) is 11.2 Å². The first-order valence-corrected chi connectivity index (χ1v) is 12.5. The molecule has 6 rings (SSSR count). The molecule has 0 saturated heterocycles. The molecule has 7 heteroatoms. The minimum Gasteiger partial charge on any atom is -0.366 e. The average Bonchev–Trinajstić information content (AvgIpc) is 3.14. The second-order valence-electron chi connectivity index (χ2n) is 10.9. The summed E-state index contributed by atoms with van der Waals surface area (Å²) in [6.45, 7) is 13.0. The van der Waals surface area contributed by atoms with Crippen LogP contribution in [0.4, 0.5) is 11.5 Å². The minimum absolute atomic E-state index is 0.145. The first-order valence-electron chi connectivity index (χ1n) is 12.5. The van der Waals surface area contributed by atoms with Crippen LogP contribution in [0, 0.1) is 26.2 Å². The highest BCUT2D eigenvalue weighted by molar-refractivity contribution is 5.65. The van der Waals surface area contributed by atoms with Crippen LogP contribution in [0.25, 0.3) is 0 Å². The molecule has 3 aliphatic carbocycles. The van der Waals surface area contributed by atoms with Gasteiger partial charge >= 0.3 is 0 Å². The zero-order valence-corrected chi connectivity index (χ0v) is 20.8. The molecule has 1 aliphatic heterocycles. The zero-order chi connectivity index (χ0) is 23.4. The highest BCUT2D eigenvalue weighted by Gasteiger charge is 2.46. The van der Waals surface area contributed by atoms with E-state index < -0.39 is 0 Å². The molecule has 2 N–H and O–H groups in total. The van der Waals surface area contributed by atoms with Crippen molar-refractivity contribution in [3.63, 3.8) is 0 Å². The summed E-state index contributed by atoms with van der Waals surface area (Å²) in [5.74, 6) is 0.874. The van der Waals surface area contributed by atoms with E-state index in [1.54, 1.807) is 5.01 Å². The van der Waals surface area contributed by atoms with E-state index in [4.69, 9.17) is 15.8 Å². The van der Waals surface area contributed by atoms with Gasteiger partial charge in [0.15, 0.2) is 5.82 Å². The number of hydrogen-bond donors (Lipinski definition) is 1. The number of aryl methyl sites for hydroxylation is 3. The maximum Gasteiger partial charge on any atom is 0.153 e. The third kappa shape index (κ3) is 3.94. The molecule has 0 aromatic carbocycles. The van der Waals surface area contributed by atoms with Crippen molar-refractivity contribution in [1.82, 2.24) is 14.8 Å². The van der Waals surface area contributed by atoms with Crippen molar-refractivity contribution in [3.05, 3.63) is 34.3 Å². The SMILES string of the molecule is C=NN(C)c1nc(C)cc(N2CCc3c(c(C)nn3CCC34CCC(N)(CC3)CC4)C2)c1C. The quantitative estimate of drug-likeness (QED) is 0.527. The van der Waals surface area contributed by atoms with Crippen molar-refractivity contribution in [3.8, 4) is 0 Å². The highest BCUT2D eigenvalue weighted by Crippen LogP contribution is 2.53. The van der Waals surface area contributed by atoms with Crippen molar-refractivity contribution in [2.45, 2.75) is 90.8 Å². The van der Waals surface area contributed by atoms with E-state index in [0.29, 0.717) is 5.41 Å². The molecule has 3 heterocycles. The van der Waals surface area contributed by atoms with E-state index in [1.807, 2.05) is 14.0 Å². The lowest BCUT2D eigenvalue weighted by atomic mass is 9.56. The summed E-state index contributed by atoms with van der Waals surface area (Å²) in [7, 11) is 1.90. The number of anilines is 2. The average molecular weight is 450 g/mol. The molecule has 3 fully saturated rings. The first-order chi connectivity index (χ1) is 15.7. The summed E-state index contributed by atoms with van der Waals surface area (Å²) in [4.78, 5) is 7.18. The molecule has 33 heavy (non-hydrogen) atoms. The summed E-state index contributed by atoms with van der Waals surface area (Å²) in [5.41, 5.74) is 14.6. The maximum absolute atomic E-state index is 6.53. The molecule has 0 unspecified atom stereocenters. The summed E-state index contributed by atoms with van der Waals surface area (Å²) in [6, 6.07) is 2.20. The maximum atomic E-state index is 6.53. The number of aromatic nitrogens is 3. The Morgan fingerprint density at radius 2 is 1.85 bits per heavy atom. The van der Waals surface area contributed by atoms with Crippen LogP contribution in [-0.2, 0) is 19.5 Å². The molecule has 3 saturated carbocycles. The second kappa shape index (κ2) is 8.12. The fourth-order valence-corrected chi connectivity index (χ4v) is 6.48. The van der Waals surface area contributed by atoms with Crippen molar-refractivity contribution in [2.75, 3.05) is 23.5 Å². The van der Waals surface area contributed by atoms with Gasteiger partial charge in [0.1, 0.15) is 0 Å². The van der Waals surface area contributed by atoms with Crippen LogP contribution in [0.1, 0.15) is 73.2 Å². The summed E-state index contributed by atoms with van der Waals surface area (Å²) in [5, 5.41) is 10.8. The van der Waals surface area contributed by atoms with Gasteiger partial charge in [-0.1, -0.05) is 0 Å². The van der Waals surface area contributed by atoms with Gasteiger partial charge in [0.25, 0.3) is 0 Å². The van der Waals surface area contributed by atoms with Crippen LogP contribution in [0.3, 0.4) is 0 Å². The van der Waals surface area contributed by atoms with Gasteiger partial charge in [0.05, 0.1) is 5.69 Å². The van der Waals surface area contributed by atoms with Crippen LogP contribution >= 0.6 is 0 Å². The van der Waals surface area contributed by atoms with Crippen molar-refractivity contribution in [1.29, 1.82) is 0 Å². The van der Waals surface area contributed by atoms with E-state index in [-0.39, 0.29) is 5.54 Å². The van der Waals surface area contributed by atoms with Crippen LogP contribution in [-0.4, -0.2) is 40.6 Å². The molecule has 0 amide bonds. The predicted molar refractivity (Wildman–Crippen MR) is 135 cm³/mol. The molecule has 4 aliphatic rings. The molecule has 2 bridgehead atoms. The highest BCUT2D eigenvalue weighted by atomic mass is 15.5. The van der Waals surface area contributed by atoms with E-state index >= 15 is 0 Å². The van der Waals surface area contributed by atoms with Crippen LogP contribution < -0.4 is 15.6 Å². The largest absolute Gasteiger partial charge is 0.366 e. The molecule has 2 aromatic rings. The van der Waals surface area contributed by atoms with Gasteiger partial charge in [-0.2, -0.15) is 10.2 Å². The Bertz CT molecular complexity index is 1040. The Hall–Kier alpha value is -2.41. The fourth-order valence-electron chi connectivity index (χ4n) is 6.48. The molecule has 0 spiro atoms. The van der Waals surface area contributed by atoms with E-state index in [9.17, 15) is 0 Å². The number of nitrogens with two attached hydrogens (primary N) is 1. The van der Waals surface area contributed by atoms with Crippen molar-refractivity contribution in [2.24, 2.45) is 16.3 Å². The summed E-state index contributed by atoms with van der Waals surface area (Å²) in [6.07, 6.45) is 9.81. The topological polar surface area (TPSA) is 75.6 Å². The number of fused-ring (bicyclic) bond motifs is 4. The van der Waals surface area contributed by atoms with E-state index in [0.717, 1.165) is 43.1 Å². The molecule has 2 aromatic heterocycles. The van der Waals surface area contributed by atoms with Crippen molar-refractivity contribution < 1.29 is 0 Å². The van der Waals surface area contributed by atoms with Crippen LogP contribution in [0.2, 0.25) is 0 Å². The predicted octanol–water partition coefficient (Wildman–Crippen LogP) is 4.26. The van der Waals surface area contributed by atoms with Gasteiger partial charge in [-0.05, 0) is 77.2 Å². The fraction of sp³-hybridized carbons (Fsp3) is 0.654. The monoisotopic (exact) mass is 449 g/mol. The van der Waals surface area contributed by atoms with E-state index in [2.05, 4.69) is 41.3 Å². The molecular weight excluding hydrogens is 410 g/mol. The number of hydrazone groups is 1. The van der Waals surface area contributed by atoms with Crippen molar-refractivity contribution >= 4 is 18.2 Å². The Kier molecular flexibility index (Phi) is 5.51. The van der Waals surface area contributed by atoms with Gasteiger partial charge in [-0.15, -0.1) is 0 Å². The molecule has 7 nitrogen and oxygen atoms in total. The first kappa shape index (κ1) is 22.4. The second-order valence-corrected chi connectivity index (χ2v) is 10.9. The minimum atomic E-state index is 0.145. The lowest BCUT2D eigenvalue weighted by Gasteiger charge is -2.52. The Morgan fingerprint density at radius 1 is 1.15 bits per heavy atom. The van der Waals surface area contributed by atoms with Gasteiger partial charge in [0, 0.05) is 73.6 Å². The van der Waals surface area contributed by atoms with Gasteiger partial charge in [0.2, 0.25) is 0 Å². The Morgan fingerprint density at radius 3 is 2.52 bits per heavy atom. The number of hydrogen-bond acceptors (Lipinski definition) is 6. The molecule has 0 radical (unpaired) electrons. The van der Waals surface area contributed by atoms with E-state index in [1.165, 1.54) is 67.6 Å². The zero-order valence-electron chi connectivity index (χ0n) is 20.8. The lowest BCUT2D eigenvalue weighted by Crippen LogP contribution is -2.52. The number of rotatable bonds is 6. The Labute approximate surface area is 198 Å². The molecular formula is C26H39N7. The standard InChI is InChI=1S/C26H39N7/c1-18-16-23(19(2)24(29-18)31(5)28-4)32-14-6-22-21(17-32)20(3)30-33(22)15-13-25-7-10-26(27,11-8-25)12-9-25/h16H,4,6-15,17,27H2,1-3,5H3. The normalized spacial score (nSPS) is 26.4. The third-order valence-corrected chi connectivity index (χ3v) is 8.86. The van der Waals surface area contributed by atoms with Gasteiger partial charge < -0.3 is 10.6 Å². The van der Waals surface area contributed by atoms with Gasteiger partial charge in [-0.3, -0.25) is 9.69 Å². The summed E-state index contributed by atoms with van der Waals surface area (Å²) < 4.78 is 2.33. The van der Waals surface area contributed by atoms with Gasteiger partial charge in [-0.25, -0.2) is 4.98 Å². The third-order valence-electron chi connectivity index (χ3n) is 8.86. The molecule has 178 valence electrons. The Balaban J connectivity index is 1.34. The molecule has 0 atom stereocenters. The number of pyridine rings is 1.